The smallest absolute Gasteiger partial charge is 0.140 e. The molecule has 4 heteroatoms. The van der Waals surface area contributed by atoms with Crippen LogP contribution in [0.4, 0.5) is 4.39 Å². The van der Waals surface area contributed by atoms with Crippen molar-refractivity contribution < 1.29 is 4.39 Å². The van der Waals surface area contributed by atoms with E-state index >= 15 is 0 Å². The van der Waals surface area contributed by atoms with Gasteiger partial charge in [-0.1, -0.05) is 6.07 Å². The number of hydrogen-bond acceptors (Lipinski definition) is 3. The minimum atomic E-state index is -0.448. The summed E-state index contributed by atoms with van der Waals surface area (Å²) in [6.07, 6.45) is 2.60. The Kier molecular flexibility index (Phi) is 4.89. The van der Waals surface area contributed by atoms with Crippen LogP contribution >= 0.6 is 0 Å². The highest BCUT2D eigenvalue weighted by Gasteiger charge is 2.14. The van der Waals surface area contributed by atoms with Gasteiger partial charge in [0, 0.05) is 19.1 Å². The van der Waals surface area contributed by atoms with E-state index < -0.39 is 5.82 Å². The van der Waals surface area contributed by atoms with E-state index in [0.29, 0.717) is 12.6 Å². The summed E-state index contributed by atoms with van der Waals surface area (Å²) in [5, 5.41) is 12.2. The Hall–Kier alpha value is -1.44. The molecule has 1 aliphatic heterocycles. The molecule has 0 saturated carbocycles. The van der Waals surface area contributed by atoms with Gasteiger partial charge < -0.3 is 10.2 Å². The molecule has 0 radical (unpaired) electrons. The van der Waals surface area contributed by atoms with E-state index in [1.807, 2.05) is 6.07 Å². The SMILES string of the molecule is CC(CN1CCCC1)NCc1ccc(F)c(C#N)c1. The van der Waals surface area contributed by atoms with Crippen molar-refractivity contribution in [3.05, 3.63) is 35.1 Å². The van der Waals surface area contributed by atoms with Crippen LogP contribution in [-0.4, -0.2) is 30.6 Å². The average Bonchev–Trinajstić information content (AvgIpc) is 2.90. The third kappa shape index (κ3) is 4.02. The monoisotopic (exact) mass is 261 g/mol. The molecular weight excluding hydrogens is 241 g/mol. The maximum absolute atomic E-state index is 13.2. The molecule has 1 atom stereocenters. The second kappa shape index (κ2) is 6.65. The number of nitrogens with zero attached hydrogens (tertiary/aromatic N) is 2. The first kappa shape index (κ1) is 14.0. The molecule has 2 rings (SSSR count). The van der Waals surface area contributed by atoms with Crippen molar-refractivity contribution in [2.24, 2.45) is 0 Å². The van der Waals surface area contributed by atoms with Crippen molar-refractivity contribution in [2.45, 2.75) is 32.4 Å². The number of benzene rings is 1. The molecule has 1 heterocycles. The van der Waals surface area contributed by atoms with Crippen LogP contribution in [0.5, 0.6) is 0 Å². The highest BCUT2D eigenvalue weighted by Crippen LogP contribution is 2.10. The minimum Gasteiger partial charge on any atom is -0.309 e. The number of likely N-dealkylation sites (tertiary alicyclic amines) is 1. The first-order valence-corrected chi connectivity index (χ1v) is 6.83. The van der Waals surface area contributed by atoms with Crippen molar-refractivity contribution in [3.8, 4) is 6.07 Å². The zero-order valence-corrected chi connectivity index (χ0v) is 11.3. The Morgan fingerprint density at radius 2 is 2.16 bits per heavy atom. The topological polar surface area (TPSA) is 39.1 Å². The number of nitrogens with one attached hydrogen (secondary N) is 1. The fraction of sp³-hybridized carbons (Fsp3) is 0.533. The van der Waals surface area contributed by atoms with E-state index in [4.69, 9.17) is 5.26 Å². The molecule has 0 amide bonds. The summed E-state index contributed by atoms with van der Waals surface area (Å²) in [7, 11) is 0. The van der Waals surface area contributed by atoms with Crippen LogP contribution in [0.15, 0.2) is 18.2 Å². The summed E-state index contributed by atoms with van der Waals surface area (Å²) in [6, 6.07) is 6.97. The normalized spacial score (nSPS) is 17.3. The minimum absolute atomic E-state index is 0.117. The van der Waals surface area contributed by atoms with Crippen molar-refractivity contribution >= 4 is 0 Å². The molecule has 19 heavy (non-hydrogen) atoms. The lowest BCUT2D eigenvalue weighted by Crippen LogP contribution is -2.37. The summed E-state index contributed by atoms with van der Waals surface area (Å²) < 4.78 is 13.2. The predicted octanol–water partition coefficient (Wildman–Crippen LogP) is 2.27. The molecule has 0 spiro atoms. The number of rotatable bonds is 5. The van der Waals surface area contributed by atoms with Gasteiger partial charge in [-0.2, -0.15) is 5.26 Å². The van der Waals surface area contributed by atoms with Gasteiger partial charge in [0.1, 0.15) is 11.9 Å². The van der Waals surface area contributed by atoms with Crippen molar-refractivity contribution in [3.63, 3.8) is 0 Å². The van der Waals surface area contributed by atoms with Crippen LogP contribution < -0.4 is 5.32 Å². The molecule has 0 bridgehead atoms. The molecule has 1 aromatic carbocycles. The molecule has 3 nitrogen and oxygen atoms in total. The fourth-order valence-corrected chi connectivity index (χ4v) is 2.48. The van der Waals surface area contributed by atoms with Gasteiger partial charge in [-0.25, -0.2) is 4.39 Å². The maximum Gasteiger partial charge on any atom is 0.140 e. The van der Waals surface area contributed by atoms with Crippen LogP contribution in [0, 0.1) is 17.1 Å². The van der Waals surface area contributed by atoms with E-state index in [9.17, 15) is 4.39 Å². The van der Waals surface area contributed by atoms with Gasteiger partial charge >= 0.3 is 0 Å². The van der Waals surface area contributed by atoms with E-state index in [1.54, 1.807) is 12.1 Å². The van der Waals surface area contributed by atoms with Crippen LogP contribution in [0.3, 0.4) is 0 Å². The largest absolute Gasteiger partial charge is 0.309 e. The summed E-state index contributed by atoms with van der Waals surface area (Å²) in [6.45, 7) is 6.27. The van der Waals surface area contributed by atoms with Gasteiger partial charge in [-0.3, -0.25) is 0 Å². The Morgan fingerprint density at radius 1 is 1.42 bits per heavy atom. The van der Waals surface area contributed by atoms with E-state index in [0.717, 1.165) is 12.1 Å². The van der Waals surface area contributed by atoms with Gasteiger partial charge in [0.25, 0.3) is 0 Å². The molecular formula is C15H20FN3. The summed E-state index contributed by atoms with van der Waals surface area (Å²) in [5.41, 5.74) is 1.07. The Bertz CT molecular complexity index is 461. The van der Waals surface area contributed by atoms with E-state index in [-0.39, 0.29) is 5.56 Å². The molecule has 1 fully saturated rings. The second-order valence-electron chi connectivity index (χ2n) is 5.22. The third-order valence-corrected chi connectivity index (χ3v) is 3.54. The van der Waals surface area contributed by atoms with Gasteiger partial charge in [0.05, 0.1) is 5.56 Å². The predicted molar refractivity (Wildman–Crippen MR) is 73.1 cm³/mol. The van der Waals surface area contributed by atoms with Crippen LogP contribution in [-0.2, 0) is 6.54 Å². The molecule has 1 N–H and O–H groups in total. The molecule has 0 aliphatic carbocycles. The van der Waals surface area contributed by atoms with Crippen LogP contribution in [0.1, 0.15) is 30.9 Å². The Morgan fingerprint density at radius 3 is 2.84 bits per heavy atom. The fourth-order valence-electron chi connectivity index (χ4n) is 2.48. The molecule has 1 unspecified atom stereocenters. The quantitative estimate of drug-likeness (QED) is 0.883. The average molecular weight is 261 g/mol. The molecule has 1 saturated heterocycles. The van der Waals surface area contributed by atoms with Gasteiger partial charge in [-0.05, 0) is 50.6 Å². The highest BCUT2D eigenvalue weighted by atomic mass is 19.1. The van der Waals surface area contributed by atoms with E-state index in [2.05, 4.69) is 17.1 Å². The van der Waals surface area contributed by atoms with Crippen molar-refractivity contribution in [2.75, 3.05) is 19.6 Å². The van der Waals surface area contributed by atoms with Gasteiger partial charge in [0.2, 0.25) is 0 Å². The summed E-state index contributed by atoms with van der Waals surface area (Å²) in [5.74, 6) is -0.448. The van der Waals surface area contributed by atoms with Crippen molar-refractivity contribution in [1.82, 2.24) is 10.2 Å². The van der Waals surface area contributed by atoms with Gasteiger partial charge in [0.15, 0.2) is 0 Å². The lowest BCUT2D eigenvalue weighted by molar-refractivity contribution is 0.298. The van der Waals surface area contributed by atoms with Gasteiger partial charge in [-0.15, -0.1) is 0 Å². The zero-order chi connectivity index (χ0) is 13.7. The molecule has 1 aromatic rings. The third-order valence-electron chi connectivity index (χ3n) is 3.54. The Labute approximate surface area is 114 Å². The standard InChI is InChI=1S/C15H20FN3/c1-12(11-19-6-2-3-7-19)18-10-13-4-5-15(16)14(8-13)9-17/h4-5,8,12,18H,2-3,6-7,10-11H2,1H3. The number of hydrogen-bond donors (Lipinski definition) is 1. The molecule has 0 aromatic heterocycles. The van der Waals surface area contributed by atoms with Crippen LogP contribution in [0.25, 0.3) is 0 Å². The first-order chi connectivity index (χ1) is 9.19. The highest BCUT2D eigenvalue weighted by molar-refractivity contribution is 5.34. The summed E-state index contributed by atoms with van der Waals surface area (Å²) in [4.78, 5) is 2.46. The Balaban J connectivity index is 1.82. The van der Waals surface area contributed by atoms with Crippen molar-refractivity contribution in [1.29, 1.82) is 5.26 Å². The lowest BCUT2D eigenvalue weighted by atomic mass is 10.1. The first-order valence-electron chi connectivity index (χ1n) is 6.83. The second-order valence-corrected chi connectivity index (χ2v) is 5.22. The molecule has 1 aliphatic rings. The lowest BCUT2D eigenvalue weighted by Gasteiger charge is -2.21. The number of halogens is 1. The van der Waals surface area contributed by atoms with Crippen LogP contribution in [0.2, 0.25) is 0 Å². The molecule has 102 valence electrons. The zero-order valence-electron chi connectivity index (χ0n) is 11.3. The van der Waals surface area contributed by atoms with E-state index in [1.165, 1.54) is 32.0 Å². The summed E-state index contributed by atoms with van der Waals surface area (Å²) >= 11 is 0. The maximum atomic E-state index is 13.2. The number of nitriles is 1.